The van der Waals surface area contributed by atoms with Crippen LogP contribution in [0.25, 0.3) is 0 Å². The Morgan fingerprint density at radius 2 is 1.41 bits per heavy atom. The minimum atomic E-state index is -2.13. The molecule has 0 saturated heterocycles. The maximum absolute atomic E-state index is 13.2. The summed E-state index contributed by atoms with van der Waals surface area (Å²) in [6.45, 7) is 0.972. The molecule has 0 saturated carbocycles. The van der Waals surface area contributed by atoms with E-state index in [1.165, 1.54) is 0 Å². The number of aromatic carboxylic acids is 1. The second-order valence-corrected chi connectivity index (χ2v) is 3.29. The van der Waals surface area contributed by atoms with E-state index >= 15 is 0 Å². The van der Waals surface area contributed by atoms with Gasteiger partial charge < -0.3 is 5.11 Å². The van der Waals surface area contributed by atoms with Gasteiger partial charge in [0.25, 0.3) is 0 Å². The second kappa shape index (κ2) is 4.52. The van der Waals surface area contributed by atoms with E-state index in [0.29, 0.717) is 0 Å². The Balaban J connectivity index is 3.58. The van der Waals surface area contributed by atoms with Gasteiger partial charge in [0.2, 0.25) is 0 Å². The lowest BCUT2D eigenvalue weighted by Crippen LogP contribution is -2.14. The number of hydrogen-bond donors (Lipinski definition) is 1. The first-order valence-corrected chi connectivity index (χ1v) is 4.34. The van der Waals surface area contributed by atoms with Gasteiger partial charge in [0.15, 0.2) is 23.3 Å². The Bertz CT molecular complexity index is 482. The molecule has 1 aromatic rings. The van der Waals surface area contributed by atoms with Gasteiger partial charge in [-0.25, -0.2) is 22.4 Å². The summed E-state index contributed by atoms with van der Waals surface area (Å²) in [5.41, 5.74) is -2.83. The molecule has 92 valence electrons. The zero-order valence-corrected chi connectivity index (χ0v) is 8.48. The van der Waals surface area contributed by atoms with Crippen molar-refractivity contribution in [3.8, 4) is 0 Å². The molecule has 0 radical (unpaired) electrons. The van der Waals surface area contributed by atoms with Gasteiger partial charge in [-0.15, -0.1) is 0 Å². The summed E-state index contributed by atoms with van der Waals surface area (Å²) in [5, 5.41) is 8.39. The Morgan fingerprint density at radius 3 is 1.71 bits per heavy atom. The van der Waals surface area contributed by atoms with Gasteiger partial charge in [0.1, 0.15) is 11.3 Å². The van der Waals surface area contributed by atoms with E-state index in [1.807, 2.05) is 0 Å². The number of benzene rings is 1. The average molecular weight is 250 g/mol. The smallest absolute Gasteiger partial charge is 0.341 e. The predicted molar refractivity (Wildman–Crippen MR) is 47.6 cm³/mol. The number of carboxylic acid groups (broad SMARTS) is 1. The van der Waals surface area contributed by atoms with Crippen LogP contribution >= 0.6 is 0 Å². The summed E-state index contributed by atoms with van der Waals surface area (Å²) < 4.78 is 52.7. The maximum Gasteiger partial charge on any atom is 0.341 e. The third-order valence-electron chi connectivity index (χ3n) is 1.99. The van der Waals surface area contributed by atoms with Crippen molar-refractivity contribution in [3.63, 3.8) is 0 Å². The van der Waals surface area contributed by atoms with Crippen molar-refractivity contribution in [3.05, 3.63) is 34.4 Å². The predicted octanol–water partition coefficient (Wildman–Crippen LogP) is 2.07. The van der Waals surface area contributed by atoms with Crippen molar-refractivity contribution in [2.24, 2.45) is 0 Å². The fourth-order valence-corrected chi connectivity index (χ4v) is 1.27. The number of Topliss-reactive ketones (excluding diaryl/α,β-unsaturated/α-hetero) is 1. The SMILES string of the molecule is CC(=O)Cc1c(F)c(F)c(C(=O)O)c(F)c1F. The Labute approximate surface area is 92.7 Å². The number of hydrogen-bond acceptors (Lipinski definition) is 2. The number of carbonyl (C=O) groups excluding carboxylic acids is 1. The first kappa shape index (κ1) is 13.1. The number of carbonyl (C=O) groups is 2. The first-order valence-electron chi connectivity index (χ1n) is 4.34. The fourth-order valence-electron chi connectivity index (χ4n) is 1.27. The number of carboxylic acids is 1. The van der Waals surface area contributed by atoms with Crippen LogP contribution in [0.15, 0.2) is 0 Å². The highest BCUT2D eigenvalue weighted by Crippen LogP contribution is 2.24. The number of rotatable bonds is 3. The van der Waals surface area contributed by atoms with Crippen molar-refractivity contribution in [1.29, 1.82) is 0 Å². The van der Waals surface area contributed by atoms with E-state index in [9.17, 15) is 27.2 Å². The lowest BCUT2D eigenvalue weighted by atomic mass is 10.0. The summed E-state index contributed by atoms with van der Waals surface area (Å²) in [6, 6.07) is 0. The minimum Gasteiger partial charge on any atom is -0.477 e. The van der Waals surface area contributed by atoms with Gasteiger partial charge in [0.05, 0.1) is 0 Å². The molecule has 0 aliphatic heterocycles. The summed E-state index contributed by atoms with van der Waals surface area (Å²) in [7, 11) is 0. The van der Waals surface area contributed by atoms with Crippen LogP contribution in [0.3, 0.4) is 0 Å². The highest BCUT2D eigenvalue weighted by molar-refractivity contribution is 5.88. The van der Waals surface area contributed by atoms with E-state index in [2.05, 4.69) is 0 Å². The van der Waals surface area contributed by atoms with Crippen LogP contribution in [0.2, 0.25) is 0 Å². The largest absolute Gasteiger partial charge is 0.477 e. The van der Waals surface area contributed by atoms with E-state index in [1.54, 1.807) is 0 Å². The van der Waals surface area contributed by atoms with Gasteiger partial charge in [-0.1, -0.05) is 0 Å². The number of ketones is 1. The zero-order chi connectivity index (χ0) is 13.3. The maximum atomic E-state index is 13.2. The molecule has 1 N–H and O–H groups in total. The van der Waals surface area contributed by atoms with Crippen LogP contribution in [0, 0.1) is 23.3 Å². The molecule has 7 heteroatoms. The summed E-state index contributed by atoms with van der Waals surface area (Å²) in [5.74, 6) is -10.6. The minimum absolute atomic E-state index is 0.718. The third kappa shape index (κ3) is 2.27. The van der Waals surface area contributed by atoms with E-state index in [-0.39, 0.29) is 0 Å². The lowest BCUT2D eigenvalue weighted by molar-refractivity contribution is -0.116. The van der Waals surface area contributed by atoms with Crippen molar-refractivity contribution in [2.75, 3.05) is 0 Å². The quantitative estimate of drug-likeness (QED) is 0.660. The molecule has 0 aromatic heterocycles. The van der Waals surface area contributed by atoms with E-state index in [0.717, 1.165) is 6.92 Å². The molecule has 17 heavy (non-hydrogen) atoms. The fraction of sp³-hybridized carbons (Fsp3) is 0.200. The molecule has 3 nitrogen and oxygen atoms in total. The van der Waals surface area contributed by atoms with Crippen LogP contribution in [0.1, 0.15) is 22.8 Å². The highest BCUT2D eigenvalue weighted by atomic mass is 19.2. The Morgan fingerprint density at radius 1 is 1.00 bits per heavy atom. The van der Waals surface area contributed by atoms with Crippen LogP contribution in [0.5, 0.6) is 0 Å². The van der Waals surface area contributed by atoms with Crippen LogP contribution in [0.4, 0.5) is 17.6 Å². The monoisotopic (exact) mass is 250 g/mol. The molecule has 0 heterocycles. The van der Waals surface area contributed by atoms with Crippen molar-refractivity contribution in [2.45, 2.75) is 13.3 Å². The first-order chi connectivity index (χ1) is 7.77. The molecule has 0 aliphatic carbocycles. The normalized spacial score (nSPS) is 10.4. The van der Waals surface area contributed by atoms with Gasteiger partial charge in [-0.2, -0.15) is 0 Å². The summed E-state index contributed by atoms with van der Waals surface area (Å²) in [6.07, 6.45) is -0.856. The highest BCUT2D eigenvalue weighted by Gasteiger charge is 2.29. The van der Waals surface area contributed by atoms with Gasteiger partial charge in [-0.3, -0.25) is 4.79 Å². The van der Waals surface area contributed by atoms with Crippen LogP contribution in [-0.4, -0.2) is 16.9 Å². The van der Waals surface area contributed by atoms with Crippen LogP contribution in [-0.2, 0) is 11.2 Å². The molecular formula is C10H6F4O3. The summed E-state index contributed by atoms with van der Waals surface area (Å²) >= 11 is 0. The lowest BCUT2D eigenvalue weighted by Gasteiger charge is -2.08. The Hall–Kier alpha value is -1.92. The topological polar surface area (TPSA) is 54.4 Å². The molecular weight excluding hydrogens is 244 g/mol. The van der Waals surface area contributed by atoms with Crippen LogP contribution < -0.4 is 0 Å². The van der Waals surface area contributed by atoms with Gasteiger partial charge >= 0.3 is 5.97 Å². The molecule has 0 atom stereocenters. The van der Waals surface area contributed by atoms with Crippen molar-refractivity contribution < 1.29 is 32.3 Å². The molecule has 0 bridgehead atoms. The zero-order valence-electron chi connectivity index (χ0n) is 8.48. The Kier molecular flexibility index (Phi) is 3.50. The molecule has 0 unspecified atom stereocenters. The standard InChI is InChI=1S/C10H6F4O3/c1-3(15)2-4-6(11)8(13)5(10(16)17)9(14)7(4)12/h2H2,1H3,(H,16,17). The number of halogens is 4. The van der Waals surface area contributed by atoms with Gasteiger partial charge in [0, 0.05) is 12.0 Å². The van der Waals surface area contributed by atoms with E-state index in [4.69, 9.17) is 5.11 Å². The van der Waals surface area contributed by atoms with E-state index < -0.39 is 52.6 Å². The average Bonchev–Trinajstić information content (AvgIpc) is 2.21. The molecule has 0 spiro atoms. The third-order valence-corrected chi connectivity index (χ3v) is 1.99. The molecule has 0 aliphatic rings. The van der Waals surface area contributed by atoms with Crippen molar-refractivity contribution >= 4 is 11.8 Å². The van der Waals surface area contributed by atoms with Crippen molar-refractivity contribution in [1.82, 2.24) is 0 Å². The molecule has 0 amide bonds. The second-order valence-electron chi connectivity index (χ2n) is 3.29. The molecule has 0 fully saturated rings. The van der Waals surface area contributed by atoms with Gasteiger partial charge in [-0.05, 0) is 6.92 Å². The molecule has 1 aromatic carbocycles. The summed E-state index contributed by atoms with van der Waals surface area (Å²) in [4.78, 5) is 21.1. The molecule has 1 rings (SSSR count).